The van der Waals surface area contributed by atoms with Crippen molar-refractivity contribution in [3.05, 3.63) is 29.8 Å². The monoisotopic (exact) mass is 318 g/mol. The lowest BCUT2D eigenvalue weighted by Crippen LogP contribution is -2.51. The number of piperazine rings is 1. The molecule has 128 valence electrons. The molecule has 0 spiro atoms. The highest BCUT2D eigenvalue weighted by Gasteiger charge is 2.25. The number of nitrogens with zero attached hydrogens (tertiary/aromatic N) is 2. The van der Waals surface area contributed by atoms with Crippen LogP contribution in [0.3, 0.4) is 0 Å². The Kier molecular flexibility index (Phi) is 6.90. The van der Waals surface area contributed by atoms with E-state index in [9.17, 15) is 4.79 Å². The number of aryl methyl sites for hydroxylation is 1. The lowest BCUT2D eigenvalue weighted by atomic mass is 10.0. The van der Waals surface area contributed by atoms with E-state index in [1.54, 1.807) is 0 Å². The SMILES string of the molecule is CCC(CC)C(=O)N1CCN(CCOc2cccc(C)c2)CC1. The summed E-state index contributed by atoms with van der Waals surface area (Å²) in [7, 11) is 0. The van der Waals surface area contributed by atoms with Gasteiger partial charge in [0.1, 0.15) is 12.4 Å². The average Bonchev–Trinajstić information content (AvgIpc) is 2.56. The van der Waals surface area contributed by atoms with Crippen LogP contribution in [0.25, 0.3) is 0 Å². The lowest BCUT2D eigenvalue weighted by Gasteiger charge is -2.36. The van der Waals surface area contributed by atoms with Gasteiger partial charge < -0.3 is 9.64 Å². The zero-order chi connectivity index (χ0) is 16.7. The van der Waals surface area contributed by atoms with Crippen LogP contribution in [0.5, 0.6) is 5.75 Å². The average molecular weight is 318 g/mol. The largest absolute Gasteiger partial charge is 0.492 e. The van der Waals surface area contributed by atoms with Gasteiger partial charge in [-0.25, -0.2) is 0 Å². The quantitative estimate of drug-likeness (QED) is 0.775. The Morgan fingerprint density at radius 2 is 1.87 bits per heavy atom. The Bertz CT molecular complexity index is 492. The van der Waals surface area contributed by atoms with Gasteiger partial charge in [0.2, 0.25) is 5.91 Å². The van der Waals surface area contributed by atoms with Crippen LogP contribution in [-0.2, 0) is 4.79 Å². The molecule has 1 aromatic carbocycles. The van der Waals surface area contributed by atoms with Crippen molar-refractivity contribution in [3.63, 3.8) is 0 Å². The van der Waals surface area contributed by atoms with Crippen molar-refractivity contribution in [1.29, 1.82) is 0 Å². The fourth-order valence-electron chi connectivity index (χ4n) is 3.09. The summed E-state index contributed by atoms with van der Waals surface area (Å²) in [6.07, 6.45) is 1.89. The number of amides is 1. The van der Waals surface area contributed by atoms with Crippen LogP contribution in [0.1, 0.15) is 32.3 Å². The molecule has 1 fully saturated rings. The molecule has 1 amide bonds. The molecular weight excluding hydrogens is 288 g/mol. The molecule has 23 heavy (non-hydrogen) atoms. The molecule has 4 nitrogen and oxygen atoms in total. The lowest BCUT2D eigenvalue weighted by molar-refractivity contribution is -0.137. The normalized spacial score (nSPS) is 15.9. The van der Waals surface area contributed by atoms with Gasteiger partial charge in [-0.3, -0.25) is 9.69 Å². The summed E-state index contributed by atoms with van der Waals surface area (Å²) < 4.78 is 5.81. The van der Waals surface area contributed by atoms with Crippen molar-refractivity contribution >= 4 is 5.91 Å². The third kappa shape index (κ3) is 5.24. The minimum atomic E-state index is 0.200. The van der Waals surface area contributed by atoms with Gasteiger partial charge in [-0.2, -0.15) is 0 Å². The molecule has 1 aliphatic heterocycles. The Morgan fingerprint density at radius 1 is 1.17 bits per heavy atom. The standard InChI is InChI=1S/C19H30N2O2/c1-4-17(5-2)19(22)21-11-9-20(10-12-21)13-14-23-18-8-6-7-16(3)15-18/h6-8,15,17H,4-5,9-14H2,1-3H3. The topological polar surface area (TPSA) is 32.8 Å². The van der Waals surface area contributed by atoms with E-state index in [4.69, 9.17) is 4.74 Å². The number of ether oxygens (including phenoxy) is 1. The smallest absolute Gasteiger partial charge is 0.225 e. The molecule has 0 bridgehead atoms. The van der Waals surface area contributed by atoms with Gasteiger partial charge in [0.15, 0.2) is 0 Å². The maximum absolute atomic E-state index is 12.4. The molecule has 1 aromatic rings. The van der Waals surface area contributed by atoms with E-state index in [1.165, 1.54) is 5.56 Å². The highest BCUT2D eigenvalue weighted by Crippen LogP contribution is 2.15. The summed E-state index contributed by atoms with van der Waals surface area (Å²) in [5.74, 6) is 1.48. The molecule has 0 atom stereocenters. The molecule has 2 rings (SSSR count). The van der Waals surface area contributed by atoms with Gasteiger partial charge in [-0.15, -0.1) is 0 Å². The second-order valence-electron chi connectivity index (χ2n) is 6.35. The van der Waals surface area contributed by atoms with Gasteiger partial charge in [0.05, 0.1) is 0 Å². The molecule has 0 saturated carbocycles. The molecule has 1 saturated heterocycles. The molecule has 0 N–H and O–H groups in total. The highest BCUT2D eigenvalue weighted by atomic mass is 16.5. The molecular formula is C19H30N2O2. The summed E-state index contributed by atoms with van der Waals surface area (Å²) in [6.45, 7) is 11.5. The van der Waals surface area contributed by atoms with E-state index in [2.05, 4.69) is 37.8 Å². The van der Waals surface area contributed by atoms with Crippen molar-refractivity contribution < 1.29 is 9.53 Å². The van der Waals surface area contributed by atoms with Gasteiger partial charge in [0.25, 0.3) is 0 Å². The van der Waals surface area contributed by atoms with Crippen molar-refractivity contribution in [2.45, 2.75) is 33.6 Å². The molecule has 0 aliphatic carbocycles. The predicted molar refractivity (Wildman–Crippen MR) is 93.8 cm³/mol. The summed E-state index contributed by atoms with van der Waals surface area (Å²) in [5.41, 5.74) is 1.22. The van der Waals surface area contributed by atoms with Gasteiger partial charge in [-0.05, 0) is 37.5 Å². The number of benzene rings is 1. The summed E-state index contributed by atoms with van der Waals surface area (Å²) in [4.78, 5) is 16.8. The van der Waals surface area contributed by atoms with Crippen LogP contribution < -0.4 is 4.74 Å². The van der Waals surface area contributed by atoms with Crippen molar-refractivity contribution in [2.75, 3.05) is 39.3 Å². The van der Waals surface area contributed by atoms with E-state index in [0.717, 1.165) is 51.3 Å². The Morgan fingerprint density at radius 3 is 2.48 bits per heavy atom. The Labute approximate surface area is 140 Å². The number of hydrogen-bond acceptors (Lipinski definition) is 3. The fraction of sp³-hybridized carbons (Fsp3) is 0.632. The fourth-order valence-corrected chi connectivity index (χ4v) is 3.09. The third-order valence-corrected chi connectivity index (χ3v) is 4.68. The molecule has 1 aliphatic rings. The van der Waals surface area contributed by atoms with Gasteiger partial charge in [-0.1, -0.05) is 26.0 Å². The van der Waals surface area contributed by atoms with Crippen LogP contribution in [0, 0.1) is 12.8 Å². The summed E-state index contributed by atoms with van der Waals surface area (Å²) >= 11 is 0. The Hall–Kier alpha value is -1.55. The first-order valence-corrected chi connectivity index (χ1v) is 8.84. The molecule has 4 heteroatoms. The van der Waals surface area contributed by atoms with Crippen LogP contribution >= 0.6 is 0 Å². The number of hydrogen-bond donors (Lipinski definition) is 0. The number of carbonyl (C=O) groups is 1. The third-order valence-electron chi connectivity index (χ3n) is 4.68. The molecule has 0 unspecified atom stereocenters. The minimum Gasteiger partial charge on any atom is -0.492 e. The van der Waals surface area contributed by atoms with Crippen LogP contribution in [-0.4, -0.2) is 55.0 Å². The molecule has 0 radical (unpaired) electrons. The predicted octanol–water partition coefficient (Wildman–Crippen LogP) is 2.95. The van der Waals surface area contributed by atoms with Crippen molar-refractivity contribution in [2.24, 2.45) is 5.92 Å². The van der Waals surface area contributed by atoms with E-state index in [-0.39, 0.29) is 5.92 Å². The maximum atomic E-state index is 12.4. The zero-order valence-corrected chi connectivity index (χ0v) is 14.8. The number of rotatable bonds is 7. The maximum Gasteiger partial charge on any atom is 0.225 e. The van der Waals surface area contributed by atoms with Gasteiger partial charge >= 0.3 is 0 Å². The van der Waals surface area contributed by atoms with E-state index >= 15 is 0 Å². The summed E-state index contributed by atoms with van der Waals surface area (Å²) in [6, 6.07) is 8.15. The van der Waals surface area contributed by atoms with Crippen LogP contribution in [0.15, 0.2) is 24.3 Å². The van der Waals surface area contributed by atoms with Crippen molar-refractivity contribution in [3.8, 4) is 5.75 Å². The second-order valence-corrected chi connectivity index (χ2v) is 6.35. The molecule has 1 heterocycles. The van der Waals surface area contributed by atoms with E-state index in [0.29, 0.717) is 12.5 Å². The summed E-state index contributed by atoms with van der Waals surface area (Å²) in [5, 5.41) is 0. The molecule has 0 aromatic heterocycles. The van der Waals surface area contributed by atoms with Crippen LogP contribution in [0.4, 0.5) is 0 Å². The van der Waals surface area contributed by atoms with E-state index < -0.39 is 0 Å². The first-order valence-electron chi connectivity index (χ1n) is 8.84. The Balaban J connectivity index is 1.69. The first-order chi connectivity index (χ1) is 11.1. The first kappa shape index (κ1) is 17.8. The van der Waals surface area contributed by atoms with Crippen LogP contribution in [0.2, 0.25) is 0 Å². The zero-order valence-electron chi connectivity index (χ0n) is 14.8. The van der Waals surface area contributed by atoms with E-state index in [1.807, 2.05) is 17.0 Å². The van der Waals surface area contributed by atoms with Gasteiger partial charge in [0, 0.05) is 38.6 Å². The minimum absolute atomic E-state index is 0.200. The number of carbonyl (C=O) groups excluding carboxylic acids is 1. The van der Waals surface area contributed by atoms with Crippen molar-refractivity contribution in [1.82, 2.24) is 9.80 Å². The highest BCUT2D eigenvalue weighted by molar-refractivity contribution is 5.78. The second kappa shape index (κ2) is 8.92.